The molecule has 0 heterocycles. The fraction of sp³-hybridized carbons (Fsp3) is 0.417. The summed E-state index contributed by atoms with van der Waals surface area (Å²) in [7, 11) is 0. The van der Waals surface area contributed by atoms with Gasteiger partial charge in [0.2, 0.25) is 0 Å². The molecule has 0 unspecified atom stereocenters. The van der Waals surface area contributed by atoms with E-state index >= 15 is 0 Å². The van der Waals surface area contributed by atoms with Crippen LogP contribution in [0.1, 0.15) is 10.4 Å². The van der Waals surface area contributed by atoms with Crippen LogP contribution in [0.4, 0.5) is 0 Å². The van der Waals surface area contributed by atoms with Gasteiger partial charge in [-0.2, -0.15) is 0 Å². The summed E-state index contributed by atoms with van der Waals surface area (Å²) >= 11 is 17.3. The van der Waals surface area contributed by atoms with Crippen LogP contribution >= 0.6 is 34.8 Å². The van der Waals surface area contributed by atoms with Gasteiger partial charge in [-0.15, -0.1) is 23.2 Å². The topological polar surface area (TPSA) is 32.3 Å². The third kappa shape index (κ3) is 5.02. The molecule has 0 radical (unpaired) electrons. The van der Waals surface area contributed by atoms with E-state index in [1.165, 1.54) is 0 Å². The average Bonchev–Trinajstić information content (AvgIpc) is 2.36. The van der Waals surface area contributed by atoms with Crippen LogP contribution in [-0.4, -0.2) is 42.3 Å². The minimum Gasteiger partial charge on any atom is -0.339 e. The van der Waals surface area contributed by atoms with Gasteiger partial charge in [0.25, 0.3) is 5.91 Å². The number of nitrogens with zero attached hydrogens (tertiary/aromatic N) is 1. The Bertz CT molecular complexity index is 381. The highest BCUT2D eigenvalue weighted by Gasteiger charge is 2.10. The van der Waals surface area contributed by atoms with Gasteiger partial charge >= 0.3 is 0 Å². The van der Waals surface area contributed by atoms with Crippen LogP contribution in [0, 0.1) is 0 Å². The number of hydrogen-bond donors (Lipinski definition) is 1. The zero-order valence-corrected chi connectivity index (χ0v) is 12.1. The normalized spacial score (nSPS) is 10.7. The van der Waals surface area contributed by atoms with Crippen molar-refractivity contribution in [3.63, 3.8) is 0 Å². The van der Waals surface area contributed by atoms with Crippen molar-refractivity contribution in [3.8, 4) is 0 Å². The average molecular weight is 310 g/mol. The second kappa shape index (κ2) is 8.59. The minimum atomic E-state index is -0.199. The van der Waals surface area contributed by atoms with Gasteiger partial charge in [-0.25, -0.2) is 0 Å². The minimum absolute atomic E-state index is 0.199. The number of rotatable bonds is 7. The zero-order chi connectivity index (χ0) is 13.4. The predicted molar refractivity (Wildman–Crippen MR) is 76.8 cm³/mol. The lowest BCUT2D eigenvalue weighted by Crippen LogP contribution is -2.39. The first kappa shape index (κ1) is 15.6. The quantitative estimate of drug-likeness (QED) is 0.620. The molecule has 0 saturated carbocycles. The van der Waals surface area contributed by atoms with Gasteiger partial charge in [-0.3, -0.25) is 9.69 Å². The van der Waals surface area contributed by atoms with Crippen molar-refractivity contribution in [1.29, 1.82) is 0 Å². The van der Waals surface area contributed by atoms with Gasteiger partial charge in [0, 0.05) is 24.8 Å². The van der Waals surface area contributed by atoms with Crippen molar-refractivity contribution < 1.29 is 4.79 Å². The van der Waals surface area contributed by atoms with E-state index in [-0.39, 0.29) is 5.91 Å². The number of alkyl halides is 2. The number of carbonyl (C=O) groups excluding carboxylic acids is 1. The SMILES string of the molecule is O=C(NCN(CCCl)CCCl)c1ccccc1Cl. The summed E-state index contributed by atoms with van der Waals surface area (Å²) in [4.78, 5) is 13.9. The molecule has 18 heavy (non-hydrogen) atoms. The van der Waals surface area contributed by atoms with Gasteiger partial charge in [0.15, 0.2) is 0 Å². The molecule has 0 saturated heterocycles. The van der Waals surface area contributed by atoms with E-state index in [1.54, 1.807) is 24.3 Å². The Kier molecular flexibility index (Phi) is 7.44. The van der Waals surface area contributed by atoms with E-state index in [0.717, 1.165) is 0 Å². The molecular formula is C12H15Cl3N2O. The van der Waals surface area contributed by atoms with Crippen molar-refractivity contribution in [2.45, 2.75) is 0 Å². The lowest BCUT2D eigenvalue weighted by atomic mass is 10.2. The number of benzene rings is 1. The molecular weight excluding hydrogens is 295 g/mol. The highest BCUT2D eigenvalue weighted by atomic mass is 35.5. The van der Waals surface area contributed by atoms with Crippen LogP contribution in [-0.2, 0) is 0 Å². The van der Waals surface area contributed by atoms with Crippen molar-refractivity contribution in [2.24, 2.45) is 0 Å². The third-order valence-electron chi connectivity index (χ3n) is 2.38. The first-order chi connectivity index (χ1) is 8.69. The molecule has 0 aliphatic rings. The monoisotopic (exact) mass is 308 g/mol. The smallest absolute Gasteiger partial charge is 0.253 e. The van der Waals surface area contributed by atoms with E-state index in [4.69, 9.17) is 34.8 Å². The Balaban J connectivity index is 2.52. The highest BCUT2D eigenvalue weighted by molar-refractivity contribution is 6.33. The standard InChI is InChI=1S/C12H15Cl3N2O/c13-5-7-17(8-6-14)9-16-12(18)10-3-1-2-4-11(10)15/h1-4H,5-9H2,(H,16,18). The van der Waals surface area contributed by atoms with Crippen LogP contribution < -0.4 is 5.32 Å². The molecule has 0 aliphatic heterocycles. The largest absolute Gasteiger partial charge is 0.339 e. The van der Waals surface area contributed by atoms with Gasteiger partial charge in [-0.05, 0) is 12.1 Å². The molecule has 6 heteroatoms. The zero-order valence-electron chi connectivity index (χ0n) is 9.83. The van der Waals surface area contributed by atoms with Crippen molar-refractivity contribution in [2.75, 3.05) is 31.5 Å². The van der Waals surface area contributed by atoms with Gasteiger partial charge in [0.1, 0.15) is 0 Å². The summed E-state index contributed by atoms with van der Waals surface area (Å²) in [6.07, 6.45) is 0. The number of halogens is 3. The van der Waals surface area contributed by atoms with Crippen LogP contribution in [0.2, 0.25) is 5.02 Å². The molecule has 0 spiro atoms. The van der Waals surface area contributed by atoms with Gasteiger partial charge < -0.3 is 5.32 Å². The molecule has 100 valence electrons. The molecule has 0 bridgehead atoms. The number of amides is 1. The van der Waals surface area contributed by atoms with Crippen molar-refractivity contribution in [1.82, 2.24) is 10.2 Å². The Morgan fingerprint density at radius 1 is 1.17 bits per heavy atom. The lowest BCUT2D eigenvalue weighted by molar-refractivity contribution is 0.0926. The molecule has 0 aromatic heterocycles. The maximum atomic E-state index is 11.9. The van der Waals surface area contributed by atoms with E-state index in [1.807, 2.05) is 4.90 Å². The lowest BCUT2D eigenvalue weighted by Gasteiger charge is -2.20. The maximum Gasteiger partial charge on any atom is 0.253 e. The van der Waals surface area contributed by atoms with Crippen LogP contribution in [0.15, 0.2) is 24.3 Å². The molecule has 0 atom stereocenters. The van der Waals surface area contributed by atoms with Gasteiger partial charge in [0.05, 0.1) is 17.3 Å². The number of nitrogens with one attached hydrogen (secondary N) is 1. The summed E-state index contributed by atoms with van der Waals surface area (Å²) in [6, 6.07) is 6.93. The molecule has 1 amide bonds. The van der Waals surface area contributed by atoms with E-state index in [0.29, 0.717) is 42.1 Å². The number of carbonyl (C=O) groups is 1. The van der Waals surface area contributed by atoms with Crippen LogP contribution in [0.5, 0.6) is 0 Å². The number of hydrogen-bond acceptors (Lipinski definition) is 2. The molecule has 1 N–H and O–H groups in total. The molecule has 1 aromatic rings. The first-order valence-corrected chi connectivity index (χ1v) is 7.00. The maximum absolute atomic E-state index is 11.9. The third-order valence-corrected chi connectivity index (χ3v) is 3.05. The van der Waals surface area contributed by atoms with Crippen molar-refractivity contribution in [3.05, 3.63) is 34.9 Å². The molecule has 0 aliphatic carbocycles. The molecule has 0 fully saturated rings. The first-order valence-electron chi connectivity index (χ1n) is 5.56. The molecule has 1 aromatic carbocycles. The fourth-order valence-electron chi connectivity index (χ4n) is 1.43. The van der Waals surface area contributed by atoms with Crippen LogP contribution in [0.25, 0.3) is 0 Å². The van der Waals surface area contributed by atoms with Crippen molar-refractivity contribution >= 4 is 40.7 Å². The second-order valence-electron chi connectivity index (χ2n) is 3.64. The Labute approximate surface area is 122 Å². The molecule has 3 nitrogen and oxygen atoms in total. The van der Waals surface area contributed by atoms with E-state index < -0.39 is 0 Å². The van der Waals surface area contributed by atoms with Crippen LogP contribution in [0.3, 0.4) is 0 Å². The fourth-order valence-corrected chi connectivity index (χ4v) is 2.13. The molecule has 1 rings (SSSR count). The summed E-state index contributed by atoms with van der Waals surface area (Å²) in [5.41, 5.74) is 0.468. The summed E-state index contributed by atoms with van der Waals surface area (Å²) < 4.78 is 0. The predicted octanol–water partition coefficient (Wildman–Crippen LogP) is 2.81. The van der Waals surface area contributed by atoms with E-state index in [9.17, 15) is 4.79 Å². The Morgan fingerprint density at radius 2 is 1.78 bits per heavy atom. The Morgan fingerprint density at radius 3 is 2.33 bits per heavy atom. The summed E-state index contributed by atoms with van der Waals surface area (Å²) in [5, 5.41) is 3.24. The van der Waals surface area contributed by atoms with Gasteiger partial charge in [-0.1, -0.05) is 23.7 Å². The summed E-state index contributed by atoms with van der Waals surface area (Å²) in [5.74, 6) is 0.798. The summed E-state index contributed by atoms with van der Waals surface area (Å²) in [6.45, 7) is 1.76. The highest BCUT2D eigenvalue weighted by Crippen LogP contribution is 2.14. The Hall–Kier alpha value is -0.480. The van der Waals surface area contributed by atoms with E-state index in [2.05, 4.69) is 5.32 Å². The second-order valence-corrected chi connectivity index (χ2v) is 4.80.